The average molecular weight is 448 g/mol. The van der Waals surface area contributed by atoms with E-state index in [0.29, 0.717) is 17.5 Å². The molecule has 0 aliphatic heterocycles. The lowest BCUT2D eigenvalue weighted by atomic mass is 10.2. The van der Waals surface area contributed by atoms with E-state index in [-0.39, 0.29) is 18.3 Å². The lowest BCUT2D eigenvalue weighted by Crippen LogP contribution is -2.10. The van der Waals surface area contributed by atoms with Crippen molar-refractivity contribution in [1.82, 2.24) is 14.8 Å². The molecule has 0 saturated carbocycles. The Morgan fingerprint density at radius 1 is 1.11 bits per heavy atom. The zero-order valence-electron chi connectivity index (χ0n) is 14.7. The van der Waals surface area contributed by atoms with E-state index in [2.05, 4.69) is 26.1 Å². The molecule has 3 rings (SSSR count). The number of ether oxygens (including phenoxy) is 2. The Bertz CT molecular complexity index is 885. The summed E-state index contributed by atoms with van der Waals surface area (Å²) in [5.41, 5.74) is 1.11. The van der Waals surface area contributed by atoms with E-state index in [1.54, 1.807) is 0 Å². The Kier molecular flexibility index (Phi) is 6.89. The number of hydrogen-bond acceptors (Lipinski definition) is 6. The normalized spacial score (nSPS) is 10.6. The minimum atomic E-state index is -0.304. The number of thioether (sulfide) groups is 1. The van der Waals surface area contributed by atoms with E-state index in [4.69, 9.17) is 9.47 Å². The van der Waals surface area contributed by atoms with E-state index in [1.165, 1.54) is 18.9 Å². The van der Waals surface area contributed by atoms with E-state index in [0.717, 1.165) is 15.8 Å². The van der Waals surface area contributed by atoms with E-state index in [9.17, 15) is 4.79 Å². The molecule has 6 nitrogen and oxygen atoms in total. The summed E-state index contributed by atoms with van der Waals surface area (Å²) in [5, 5.41) is 9.13. The van der Waals surface area contributed by atoms with Gasteiger partial charge < -0.3 is 9.47 Å². The summed E-state index contributed by atoms with van der Waals surface area (Å²) in [4.78, 5) is 11.5. The smallest absolute Gasteiger partial charge is 0.316 e. The van der Waals surface area contributed by atoms with Crippen molar-refractivity contribution >= 4 is 33.7 Å². The van der Waals surface area contributed by atoms with Crippen molar-refractivity contribution in [3.8, 4) is 5.75 Å². The highest BCUT2D eigenvalue weighted by molar-refractivity contribution is 9.10. The summed E-state index contributed by atoms with van der Waals surface area (Å²) >= 11 is 4.70. The molecule has 0 bridgehead atoms. The fourth-order valence-corrected chi connectivity index (χ4v) is 3.37. The van der Waals surface area contributed by atoms with Crippen LogP contribution in [0.2, 0.25) is 0 Å². The average Bonchev–Trinajstić information content (AvgIpc) is 3.08. The predicted molar refractivity (Wildman–Crippen MR) is 107 cm³/mol. The second-order valence-corrected chi connectivity index (χ2v) is 7.44. The monoisotopic (exact) mass is 447 g/mol. The molecule has 0 aliphatic carbocycles. The van der Waals surface area contributed by atoms with Crippen LogP contribution in [0.25, 0.3) is 0 Å². The highest BCUT2D eigenvalue weighted by atomic mass is 79.9. The Hall–Kier alpha value is -2.32. The molecule has 0 radical (unpaired) electrons. The number of carbonyl (C=O) groups is 1. The first kappa shape index (κ1) is 19.4. The third-order valence-electron chi connectivity index (χ3n) is 3.71. The van der Waals surface area contributed by atoms with Crippen LogP contribution >= 0.6 is 27.7 Å². The number of hydrogen-bond donors (Lipinski definition) is 0. The fourth-order valence-electron chi connectivity index (χ4n) is 2.32. The number of benzene rings is 2. The molecule has 0 spiro atoms. The van der Waals surface area contributed by atoms with Crippen molar-refractivity contribution in [2.75, 3.05) is 12.9 Å². The first-order valence-corrected chi connectivity index (χ1v) is 9.97. The lowest BCUT2D eigenvalue weighted by Gasteiger charge is -2.11. The summed E-state index contributed by atoms with van der Waals surface area (Å²) in [6, 6.07) is 17.6. The van der Waals surface area contributed by atoms with Crippen LogP contribution in [0.15, 0.2) is 64.2 Å². The molecule has 0 atom stereocenters. The molecule has 0 fully saturated rings. The molecular formula is C19H18BrN3O3S. The third-order valence-corrected chi connectivity index (χ3v) is 5.17. The quantitative estimate of drug-likeness (QED) is 0.384. The Labute approximate surface area is 170 Å². The van der Waals surface area contributed by atoms with Crippen LogP contribution in [0.3, 0.4) is 0 Å². The molecule has 1 heterocycles. The van der Waals surface area contributed by atoms with Gasteiger partial charge in [-0.05, 0) is 29.8 Å². The molecule has 140 valence electrons. The molecule has 0 amide bonds. The molecule has 2 aromatic carbocycles. The first-order valence-electron chi connectivity index (χ1n) is 8.19. The van der Waals surface area contributed by atoms with Gasteiger partial charge >= 0.3 is 5.97 Å². The lowest BCUT2D eigenvalue weighted by molar-refractivity contribution is -0.137. The van der Waals surface area contributed by atoms with Crippen LogP contribution in [0.4, 0.5) is 0 Å². The number of carbonyl (C=O) groups excluding carboxylic acids is 1. The second kappa shape index (κ2) is 9.57. The molecule has 0 aliphatic rings. The molecule has 27 heavy (non-hydrogen) atoms. The predicted octanol–water partition coefficient (Wildman–Crippen LogP) is 3.93. The van der Waals surface area contributed by atoms with Crippen molar-refractivity contribution in [2.45, 2.75) is 18.3 Å². The molecule has 1 aromatic heterocycles. The molecule has 0 N–H and O–H groups in total. The van der Waals surface area contributed by atoms with Crippen molar-refractivity contribution in [2.24, 2.45) is 0 Å². The SMILES string of the molecule is COC(=O)CSc1nnc(COc2ccc(Br)cc2)n1Cc1ccccc1. The maximum atomic E-state index is 11.5. The standard InChI is InChI=1S/C19H18BrN3O3S/c1-25-18(24)13-27-19-22-21-17(12-26-16-9-7-15(20)8-10-16)23(19)11-14-5-3-2-4-6-14/h2-10H,11-13H2,1H3. The summed E-state index contributed by atoms with van der Waals surface area (Å²) in [5.74, 6) is 1.31. The third kappa shape index (κ3) is 5.58. The molecule has 0 unspecified atom stereocenters. The summed E-state index contributed by atoms with van der Waals surface area (Å²) in [6.45, 7) is 0.872. The van der Waals surface area contributed by atoms with Gasteiger partial charge in [-0.25, -0.2) is 0 Å². The first-order chi connectivity index (χ1) is 13.2. The number of esters is 1. The van der Waals surface area contributed by atoms with Gasteiger partial charge in [-0.3, -0.25) is 9.36 Å². The number of halogens is 1. The van der Waals surface area contributed by atoms with Gasteiger partial charge in [0.1, 0.15) is 12.4 Å². The summed E-state index contributed by atoms with van der Waals surface area (Å²) in [6.07, 6.45) is 0. The number of aromatic nitrogens is 3. The van der Waals surface area contributed by atoms with Gasteiger partial charge in [-0.15, -0.1) is 10.2 Å². The van der Waals surface area contributed by atoms with E-state index >= 15 is 0 Å². The number of methoxy groups -OCH3 is 1. The van der Waals surface area contributed by atoms with Crippen molar-refractivity contribution in [3.05, 3.63) is 70.5 Å². The van der Waals surface area contributed by atoms with Crippen LogP contribution in [-0.4, -0.2) is 33.6 Å². The number of rotatable bonds is 8. The van der Waals surface area contributed by atoms with E-state index in [1.807, 2.05) is 59.2 Å². The van der Waals surface area contributed by atoms with Crippen molar-refractivity contribution in [3.63, 3.8) is 0 Å². The minimum absolute atomic E-state index is 0.178. The van der Waals surface area contributed by atoms with Gasteiger partial charge in [0.05, 0.1) is 19.4 Å². The van der Waals surface area contributed by atoms with Gasteiger partial charge in [0.25, 0.3) is 0 Å². The highest BCUT2D eigenvalue weighted by Crippen LogP contribution is 2.21. The molecular weight excluding hydrogens is 430 g/mol. The number of nitrogens with zero attached hydrogens (tertiary/aromatic N) is 3. The van der Waals surface area contributed by atoms with Crippen LogP contribution in [0, 0.1) is 0 Å². The largest absolute Gasteiger partial charge is 0.486 e. The van der Waals surface area contributed by atoms with Crippen LogP contribution in [0.1, 0.15) is 11.4 Å². The van der Waals surface area contributed by atoms with Gasteiger partial charge in [0.15, 0.2) is 11.0 Å². The zero-order chi connectivity index (χ0) is 19.1. The van der Waals surface area contributed by atoms with Crippen molar-refractivity contribution < 1.29 is 14.3 Å². The van der Waals surface area contributed by atoms with Crippen LogP contribution in [0.5, 0.6) is 5.75 Å². The highest BCUT2D eigenvalue weighted by Gasteiger charge is 2.15. The Morgan fingerprint density at radius 3 is 2.56 bits per heavy atom. The van der Waals surface area contributed by atoms with Crippen LogP contribution in [-0.2, 0) is 22.7 Å². The zero-order valence-corrected chi connectivity index (χ0v) is 17.1. The second-order valence-electron chi connectivity index (χ2n) is 5.58. The molecule has 3 aromatic rings. The Morgan fingerprint density at radius 2 is 1.85 bits per heavy atom. The van der Waals surface area contributed by atoms with Gasteiger partial charge in [-0.2, -0.15) is 0 Å². The van der Waals surface area contributed by atoms with Gasteiger partial charge in [0, 0.05) is 4.47 Å². The maximum Gasteiger partial charge on any atom is 0.316 e. The summed E-state index contributed by atoms with van der Waals surface area (Å²) < 4.78 is 13.5. The van der Waals surface area contributed by atoms with Crippen molar-refractivity contribution in [1.29, 1.82) is 0 Å². The Balaban J connectivity index is 1.77. The van der Waals surface area contributed by atoms with Crippen LogP contribution < -0.4 is 4.74 Å². The van der Waals surface area contributed by atoms with E-state index < -0.39 is 0 Å². The minimum Gasteiger partial charge on any atom is -0.486 e. The van der Waals surface area contributed by atoms with Gasteiger partial charge in [0.2, 0.25) is 0 Å². The molecule has 0 saturated heterocycles. The van der Waals surface area contributed by atoms with Gasteiger partial charge in [-0.1, -0.05) is 58.0 Å². The molecule has 8 heteroatoms. The maximum absolute atomic E-state index is 11.5. The topological polar surface area (TPSA) is 66.2 Å². The summed E-state index contributed by atoms with van der Waals surface area (Å²) in [7, 11) is 1.37. The fraction of sp³-hybridized carbons (Fsp3) is 0.211.